The molecule has 16 heavy (non-hydrogen) atoms. The topological polar surface area (TPSA) is 68.2 Å². The van der Waals surface area contributed by atoms with Crippen molar-refractivity contribution in [2.24, 2.45) is 5.73 Å². The average molecular weight is 226 g/mol. The lowest BCUT2D eigenvalue weighted by atomic mass is 9.82. The van der Waals surface area contributed by atoms with Crippen LogP contribution in [0, 0.1) is 0 Å². The maximum absolute atomic E-state index is 5.84. The van der Waals surface area contributed by atoms with Gasteiger partial charge in [-0.2, -0.15) is 4.98 Å². The van der Waals surface area contributed by atoms with Gasteiger partial charge < -0.3 is 15.2 Å². The van der Waals surface area contributed by atoms with E-state index in [1.807, 2.05) is 18.9 Å². The Hall–Kier alpha value is -1.10. The minimum absolute atomic E-state index is 0.167. The van der Waals surface area contributed by atoms with Crippen LogP contribution in [0.25, 0.3) is 0 Å². The van der Waals surface area contributed by atoms with Crippen LogP contribution in [0.2, 0.25) is 0 Å². The summed E-state index contributed by atoms with van der Waals surface area (Å²) in [5.74, 6) is 1.30. The second kappa shape index (κ2) is 5.30. The van der Waals surface area contributed by atoms with E-state index in [0.717, 1.165) is 19.4 Å². The Morgan fingerprint density at radius 3 is 2.38 bits per heavy atom. The predicted molar refractivity (Wildman–Crippen MR) is 64.6 cm³/mol. The van der Waals surface area contributed by atoms with Gasteiger partial charge in [0.15, 0.2) is 0 Å². The van der Waals surface area contributed by atoms with Gasteiger partial charge in [-0.05, 0) is 24.9 Å². The van der Waals surface area contributed by atoms with E-state index in [-0.39, 0.29) is 5.41 Å². The van der Waals surface area contributed by atoms with Crippen molar-refractivity contribution in [3.8, 4) is 0 Å². The molecule has 1 rings (SSSR count). The maximum Gasteiger partial charge on any atom is 0.265 e. The fourth-order valence-electron chi connectivity index (χ4n) is 1.66. The second-order valence-electron chi connectivity index (χ2n) is 4.11. The fourth-order valence-corrected chi connectivity index (χ4v) is 1.66. The molecular weight excluding hydrogens is 204 g/mol. The van der Waals surface area contributed by atoms with Crippen molar-refractivity contribution in [2.75, 3.05) is 25.0 Å². The molecule has 5 nitrogen and oxygen atoms in total. The highest BCUT2D eigenvalue weighted by Gasteiger charge is 2.33. The molecule has 0 aromatic carbocycles. The van der Waals surface area contributed by atoms with Gasteiger partial charge in [0.05, 0.1) is 5.41 Å². The van der Waals surface area contributed by atoms with Crippen molar-refractivity contribution in [3.63, 3.8) is 0 Å². The summed E-state index contributed by atoms with van der Waals surface area (Å²) in [7, 11) is 1.94. The van der Waals surface area contributed by atoms with E-state index in [9.17, 15) is 0 Å². The van der Waals surface area contributed by atoms with Crippen molar-refractivity contribution in [3.05, 3.63) is 5.89 Å². The molecule has 1 aromatic heterocycles. The summed E-state index contributed by atoms with van der Waals surface area (Å²) in [5.41, 5.74) is 5.67. The molecule has 0 aliphatic rings. The van der Waals surface area contributed by atoms with E-state index in [0.29, 0.717) is 18.4 Å². The lowest BCUT2D eigenvalue weighted by Crippen LogP contribution is -2.34. The summed E-state index contributed by atoms with van der Waals surface area (Å²) in [6.07, 6.45) is 1.83. The Bertz CT molecular complexity index is 311. The lowest BCUT2D eigenvalue weighted by molar-refractivity contribution is 0.267. The Labute approximate surface area is 97.0 Å². The Morgan fingerprint density at radius 1 is 1.31 bits per heavy atom. The van der Waals surface area contributed by atoms with Crippen LogP contribution in [0.1, 0.15) is 39.5 Å². The first-order chi connectivity index (χ1) is 7.63. The third-order valence-electron chi connectivity index (χ3n) is 3.43. The van der Waals surface area contributed by atoms with Gasteiger partial charge in [0, 0.05) is 20.1 Å². The molecule has 0 unspecified atom stereocenters. The van der Waals surface area contributed by atoms with Crippen LogP contribution in [-0.2, 0) is 5.41 Å². The molecule has 0 saturated carbocycles. The first-order valence-electron chi connectivity index (χ1n) is 5.88. The molecule has 0 spiro atoms. The van der Waals surface area contributed by atoms with E-state index >= 15 is 0 Å². The monoisotopic (exact) mass is 226 g/mol. The third-order valence-corrected chi connectivity index (χ3v) is 3.43. The fraction of sp³-hybridized carbons (Fsp3) is 0.818. The highest BCUT2D eigenvalue weighted by Crippen LogP contribution is 2.30. The molecule has 1 aromatic rings. The largest absolute Gasteiger partial charge is 0.342 e. The second-order valence-corrected chi connectivity index (χ2v) is 4.11. The summed E-state index contributed by atoms with van der Waals surface area (Å²) in [6, 6.07) is 0. The summed E-state index contributed by atoms with van der Waals surface area (Å²) in [6.45, 7) is 7.64. The minimum atomic E-state index is -0.167. The summed E-state index contributed by atoms with van der Waals surface area (Å²) >= 11 is 0. The molecule has 92 valence electrons. The van der Waals surface area contributed by atoms with Crippen LogP contribution in [0.5, 0.6) is 0 Å². The highest BCUT2D eigenvalue weighted by atomic mass is 16.5. The lowest BCUT2D eigenvalue weighted by Gasteiger charge is -2.25. The maximum atomic E-state index is 5.84. The third kappa shape index (κ3) is 2.19. The van der Waals surface area contributed by atoms with Crippen LogP contribution in [0.15, 0.2) is 4.52 Å². The molecule has 0 aliphatic carbocycles. The van der Waals surface area contributed by atoms with Gasteiger partial charge in [0.25, 0.3) is 5.95 Å². The van der Waals surface area contributed by atoms with Crippen molar-refractivity contribution in [1.82, 2.24) is 10.1 Å². The highest BCUT2D eigenvalue weighted by molar-refractivity contribution is 5.26. The van der Waals surface area contributed by atoms with Gasteiger partial charge in [-0.1, -0.05) is 13.8 Å². The molecule has 0 fully saturated rings. The van der Waals surface area contributed by atoms with Gasteiger partial charge in [-0.25, -0.2) is 0 Å². The van der Waals surface area contributed by atoms with Crippen molar-refractivity contribution >= 4 is 5.95 Å². The quantitative estimate of drug-likeness (QED) is 0.797. The minimum Gasteiger partial charge on any atom is -0.342 e. The summed E-state index contributed by atoms with van der Waals surface area (Å²) < 4.78 is 5.34. The Balaban J connectivity index is 2.99. The number of hydrogen-bond acceptors (Lipinski definition) is 5. The number of hydrogen-bond donors (Lipinski definition) is 1. The number of rotatable bonds is 6. The van der Waals surface area contributed by atoms with Crippen LogP contribution < -0.4 is 10.6 Å². The summed E-state index contributed by atoms with van der Waals surface area (Å²) in [4.78, 5) is 6.38. The van der Waals surface area contributed by atoms with Crippen LogP contribution in [0.3, 0.4) is 0 Å². The molecule has 0 radical (unpaired) electrons. The first kappa shape index (κ1) is 13.0. The predicted octanol–water partition coefficient (Wildman–Crippen LogP) is 1.54. The molecule has 1 heterocycles. The summed E-state index contributed by atoms with van der Waals surface area (Å²) in [5, 5.41) is 3.98. The van der Waals surface area contributed by atoms with Gasteiger partial charge >= 0.3 is 0 Å². The van der Waals surface area contributed by atoms with Gasteiger partial charge in [0.1, 0.15) is 0 Å². The molecule has 0 atom stereocenters. The van der Waals surface area contributed by atoms with Crippen LogP contribution >= 0.6 is 0 Å². The SMILES string of the molecule is CCN(C)c1noc(C(CC)(CC)CN)n1. The van der Waals surface area contributed by atoms with Crippen molar-refractivity contribution in [1.29, 1.82) is 0 Å². The van der Waals surface area contributed by atoms with E-state index < -0.39 is 0 Å². The van der Waals surface area contributed by atoms with E-state index in [4.69, 9.17) is 10.3 Å². The van der Waals surface area contributed by atoms with Crippen LogP contribution in [0.4, 0.5) is 5.95 Å². The zero-order valence-electron chi connectivity index (χ0n) is 10.7. The number of aromatic nitrogens is 2. The Kier molecular flexibility index (Phi) is 4.29. The van der Waals surface area contributed by atoms with E-state index in [1.54, 1.807) is 0 Å². The number of nitrogens with two attached hydrogens (primary N) is 1. The molecule has 0 saturated heterocycles. The van der Waals surface area contributed by atoms with Crippen LogP contribution in [-0.4, -0.2) is 30.3 Å². The Morgan fingerprint density at radius 2 is 1.94 bits per heavy atom. The number of nitrogens with zero attached hydrogens (tertiary/aromatic N) is 3. The molecular formula is C11H22N4O. The van der Waals surface area contributed by atoms with Gasteiger partial charge in [0.2, 0.25) is 5.89 Å². The van der Waals surface area contributed by atoms with Crippen molar-refractivity contribution < 1.29 is 4.52 Å². The molecule has 5 heteroatoms. The molecule has 2 N–H and O–H groups in total. The average Bonchev–Trinajstić information content (AvgIpc) is 2.81. The molecule has 0 bridgehead atoms. The standard InChI is InChI=1S/C11H22N4O/c1-5-11(6-2,8-12)9-13-10(14-16-9)15(4)7-3/h5-8,12H2,1-4H3. The smallest absolute Gasteiger partial charge is 0.265 e. The van der Waals surface area contributed by atoms with Gasteiger partial charge in [-0.15, -0.1) is 0 Å². The zero-order valence-corrected chi connectivity index (χ0v) is 10.7. The van der Waals surface area contributed by atoms with E-state index in [2.05, 4.69) is 24.0 Å². The first-order valence-corrected chi connectivity index (χ1v) is 5.88. The van der Waals surface area contributed by atoms with E-state index in [1.165, 1.54) is 0 Å². The van der Waals surface area contributed by atoms with Crippen molar-refractivity contribution in [2.45, 2.75) is 39.0 Å². The normalized spacial score (nSPS) is 11.8. The molecule has 0 amide bonds. The molecule has 0 aliphatic heterocycles. The zero-order chi connectivity index (χ0) is 12.2. The number of anilines is 1. The van der Waals surface area contributed by atoms with Gasteiger partial charge in [-0.3, -0.25) is 0 Å².